The van der Waals surface area contributed by atoms with E-state index < -0.39 is 24.5 Å². The zero-order valence-electron chi connectivity index (χ0n) is 14.9. The van der Waals surface area contributed by atoms with Gasteiger partial charge >= 0.3 is 0 Å². The molecule has 0 aromatic carbocycles. The number of imidazole rings is 1. The summed E-state index contributed by atoms with van der Waals surface area (Å²) in [4.78, 5) is 23.2. The van der Waals surface area contributed by atoms with Crippen molar-refractivity contribution in [2.75, 3.05) is 12.3 Å². The molecule has 2 aromatic rings. The summed E-state index contributed by atoms with van der Waals surface area (Å²) in [7, 11) is 0. The maximum absolute atomic E-state index is 10.5. The van der Waals surface area contributed by atoms with Crippen LogP contribution >= 0.6 is 0 Å². The van der Waals surface area contributed by atoms with Crippen LogP contribution in [0.1, 0.15) is 38.2 Å². The molecule has 0 saturated carbocycles. The fraction of sp³-hybridized carbons (Fsp3) is 0.529. The van der Waals surface area contributed by atoms with Gasteiger partial charge in [0.1, 0.15) is 23.8 Å². The average molecular weight is 374 g/mol. The van der Waals surface area contributed by atoms with E-state index in [9.17, 15) is 15.0 Å². The third-order valence-electron chi connectivity index (χ3n) is 4.32. The summed E-state index contributed by atoms with van der Waals surface area (Å²) in [6, 6.07) is 0. The topological polar surface area (TPSA) is 148 Å². The van der Waals surface area contributed by atoms with Gasteiger partial charge in [-0.05, 0) is 12.3 Å². The number of amides is 1. The number of aliphatic hydroxyl groups excluding tert-OH is 2. The van der Waals surface area contributed by atoms with E-state index in [1.165, 1.54) is 10.9 Å². The highest BCUT2D eigenvalue weighted by Gasteiger charge is 2.44. The minimum atomic E-state index is -1.23. The molecule has 0 bridgehead atoms. The fourth-order valence-corrected chi connectivity index (χ4v) is 2.88. The van der Waals surface area contributed by atoms with Gasteiger partial charge in [0.15, 0.2) is 17.7 Å². The molecule has 1 aliphatic heterocycles. The maximum atomic E-state index is 10.5. The molecule has 4 atom stereocenters. The molecule has 1 amide bonds. The van der Waals surface area contributed by atoms with Gasteiger partial charge in [-0.1, -0.05) is 19.3 Å². The first kappa shape index (κ1) is 19.0. The summed E-state index contributed by atoms with van der Waals surface area (Å²) >= 11 is 0. The van der Waals surface area contributed by atoms with E-state index in [1.807, 2.05) is 0 Å². The van der Waals surface area contributed by atoms with Crippen LogP contribution in [0.15, 0.2) is 6.33 Å². The van der Waals surface area contributed by atoms with Crippen LogP contribution in [0.25, 0.3) is 11.2 Å². The summed E-state index contributed by atoms with van der Waals surface area (Å²) in [6.45, 7) is 2.15. The molecular weight excluding hydrogens is 352 g/mol. The minimum absolute atomic E-state index is 0.0656. The third kappa shape index (κ3) is 3.85. The van der Waals surface area contributed by atoms with E-state index in [4.69, 9.17) is 10.5 Å². The van der Waals surface area contributed by atoms with Gasteiger partial charge in [0, 0.05) is 13.0 Å². The Morgan fingerprint density at radius 2 is 2.22 bits per heavy atom. The Hall–Kier alpha value is -2.74. The first-order chi connectivity index (χ1) is 13.1. The molecule has 0 spiro atoms. The molecule has 10 heteroatoms. The highest BCUT2D eigenvalue weighted by Crippen LogP contribution is 2.31. The molecule has 144 valence electrons. The molecule has 0 unspecified atom stereocenters. The minimum Gasteiger partial charge on any atom is -0.387 e. The number of nitrogens with one attached hydrogen (secondary N) is 1. The number of hydrogen-bond donors (Lipinski definition) is 4. The lowest BCUT2D eigenvalue weighted by Gasteiger charge is -2.16. The number of anilines is 1. The van der Waals surface area contributed by atoms with Gasteiger partial charge in [-0.2, -0.15) is 0 Å². The number of nitrogen functional groups attached to an aromatic ring is 1. The van der Waals surface area contributed by atoms with Crippen LogP contribution in [0.3, 0.4) is 0 Å². The Kier molecular flexibility index (Phi) is 5.85. The van der Waals surface area contributed by atoms with Crippen LogP contribution in [-0.2, 0) is 9.53 Å². The number of nitrogens with zero attached hydrogens (tertiary/aromatic N) is 4. The zero-order chi connectivity index (χ0) is 19.4. The van der Waals surface area contributed by atoms with Crippen molar-refractivity contribution in [1.29, 1.82) is 0 Å². The van der Waals surface area contributed by atoms with Crippen molar-refractivity contribution >= 4 is 23.4 Å². The van der Waals surface area contributed by atoms with Gasteiger partial charge in [0.25, 0.3) is 0 Å². The van der Waals surface area contributed by atoms with Gasteiger partial charge < -0.3 is 26.0 Å². The molecule has 0 aliphatic carbocycles. The highest BCUT2D eigenvalue weighted by atomic mass is 16.6. The predicted octanol–water partition coefficient (Wildman–Crippen LogP) is -0.685. The van der Waals surface area contributed by atoms with Crippen LogP contribution in [-0.4, -0.2) is 61.0 Å². The van der Waals surface area contributed by atoms with Crippen molar-refractivity contribution in [2.45, 2.75) is 50.7 Å². The van der Waals surface area contributed by atoms with E-state index in [-0.39, 0.29) is 18.2 Å². The van der Waals surface area contributed by atoms with Crippen molar-refractivity contribution in [3.05, 3.63) is 12.2 Å². The van der Waals surface area contributed by atoms with Crippen molar-refractivity contribution in [3.8, 4) is 11.8 Å². The standard InChI is InChI=1S/C17H22N6O4/c1-2-3-4-5-6-11-21-15(18)12-16(22-11)23(8-20-12)17-14(26)13(25)10(27-17)7-19-9-24/h8-10,13-14,17,25-26H,2-4,7H2,1H3,(H,19,24)(H2,18,21,22)/t10-,13-,14-,17-/m1/s1. The number of nitrogens with two attached hydrogens (primary N) is 1. The third-order valence-corrected chi connectivity index (χ3v) is 4.32. The van der Waals surface area contributed by atoms with Crippen molar-refractivity contribution in [1.82, 2.24) is 24.8 Å². The number of rotatable bonds is 6. The van der Waals surface area contributed by atoms with Crippen LogP contribution in [0.5, 0.6) is 0 Å². The second-order valence-corrected chi connectivity index (χ2v) is 6.23. The SMILES string of the molecule is CCCCC#Cc1nc(N)c2ncn([C@@H]3O[C@H](CNC=O)[C@@H](O)[C@H]3O)c2n1. The number of aliphatic hydroxyl groups is 2. The lowest BCUT2D eigenvalue weighted by Crippen LogP contribution is -2.37. The molecular formula is C17H22N6O4. The van der Waals surface area contributed by atoms with Gasteiger partial charge in [-0.3, -0.25) is 9.36 Å². The van der Waals surface area contributed by atoms with Crippen molar-refractivity contribution in [2.24, 2.45) is 0 Å². The van der Waals surface area contributed by atoms with E-state index in [0.29, 0.717) is 17.6 Å². The summed E-state index contributed by atoms with van der Waals surface area (Å²) in [5.41, 5.74) is 6.66. The first-order valence-electron chi connectivity index (χ1n) is 8.74. The summed E-state index contributed by atoms with van der Waals surface area (Å²) < 4.78 is 7.18. The van der Waals surface area contributed by atoms with Crippen molar-refractivity contribution < 1.29 is 19.7 Å². The van der Waals surface area contributed by atoms with Crippen LogP contribution in [0.2, 0.25) is 0 Å². The second-order valence-electron chi connectivity index (χ2n) is 6.23. The van der Waals surface area contributed by atoms with Gasteiger partial charge in [0.2, 0.25) is 12.2 Å². The number of ether oxygens (including phenoxy) is 1. The Morgan fingerprint density at radius 1 is 1.41 bits per heavy atom. The molecule has 1 fully saturated rings. The van der Waals surface area contributed by atoms with E-state index in [2.05, 4.69) is 39.0 Å². The number of hydrogen-bond acceptors (Lipinski definition) is 8. The molecule has 27 heavy (non-hydrogen) atoms. The summed E-state index contributed by atoms with van der Waals surface area (Å²) in [5, 5.41) is 22.9. The Morgan fingerprint density at radius 3 is 2.96 bits per heavy atom. The molecule has 3 heterocycles. The lowest BCUT2D eigenvalue weighted by atomic mass is 10.1. The van der Waals surface area contributed by atoms with Gasteiger partial charge in [0.05, 0.1) is 6.33 Å². The highest BCUT2D eigenvalue weighted by molar-refractivity contribution is 5.82. The normalized spacial score (nSPS) is 24.6. The zero-order valence-corrected chi connectivity index (χ0v) is 14.9. The molecule has 1 aliphatic rings. The van der Waals surface area contributed by atoms with Crippen LogP contribution in [0, 0.1) is 11.8 Å². The summed E-state index contributed by atoms with van der Waals surface area (Å²) in [6.07, 6.45) is 0.586. The number of carbonyl (C=O) groups excluding carboxylic acids is 1. The van der Waals surface area contributed by atoms with E-state index >= 15 is 0 Å². The maximum Gasteiger partial charge on any atom is 0.208 e. The Labute approximate surface area is 155 Å². The van der Waals surface area contributed by atoms with Crippen LogP contribution < -0.4 is 11.1 Å². The molecule has 2 aromatic heterocycles. The number of unbranched alkanes of at least 4 members (excludes halogenated alkanes) is 2. The Bertz CT molecular complexity index is 873. The lowest BCUT2D eigenvalue weighted by molar-refractivity contribution is -0.110. The molecule has 5 N–H and O–H groups in total. The average Bonchev–Trinajstić information content (AvgIpc) is 3.19. The smallest absolute Gasteiger partial charge is 0.208 e. The van der Waals surface area contributed by atoms with E-state index in [0.717, 1.165) is 19.3 Å². The summed E-state index contributed by atoms with van der Waals surface area (Å²) in [5.74, 6) is 6.31. The van der Waals surface area contributed by atoms with Crippen molar-refractivity contribution in [3.63, 3.8) is 0 Å². The molecule has 1 saturated heterocycles. The second kappa shape index (κ2) is 8.30. The molecule has 0 radical (unpaired) electrons. The predicted molar refractivity (Wildman–Crippen MR) is 96.1 cm³/mol. The fourth-order valence-electron chi connectivity index (χ4n) is 2.88. The number of aromatic nitrogens is 4. The van der Waals surface area contributed by atoms with Gasteiger partial charge in [-0.25, -0.2) is 15.0 Å². The van der Waals surface area contributed by atoms with E-state index in [1.54, 1.807) is 0 Å². The molecule has 10 nitrogen and oxygen atoms in total. The number of fused-ring (bicyclic) bond motifs is 1. The quantitative estimate of drug-likeness (QED) is 0.295. The van der Waals surface area contributed by atoms with Crippen LogP contribution in [0.4, 0.5) is 5.82 Å². The largest absolute Gasteiger partial charge is 0.387 e. The first-order valence-corrected chi connectivity index (χ1v) is 8.74. The van der Waals surface area contributed by atoms with Gasteiger partial charge in [-0.15, -0.1) is 0 Å². The monoisotopic (exact) mass is 374 g/mol. The Balaban J connectivity index is 1.91. The number of carbonyl (C=O) groups is 1. The molecule has 3 rings (SSSR count).